The van der Waals surface area contributed by atoms with Crippen LogP contribution in [-0.4, -0.2) is 69.4 Å². The fraction of sp³-hybridized carbons (Fsp3) is 0.348. The molecule has 0 spiro atoms. The van der Waals surface area contributed by atoms with Crippen molar-refractivity contribution in [1.29, 1.82) is 0 Å². The van der Waals surface area contributed by atoms with Gasteiger partial charge >= 0.3 is 0 Å². The summed E-state index contributed by atoms with van der Waals surface area (Å²) in [5, 5.41) is 7.58. The Kier molecular flexibility index (Phi) is 6.89. The Morgan fingerprint density at radius 2 is 1.81 bits per heavy atom. The van der Waals surface area contributed by atoms with Gasteiger partial charge in [0.05, 0.1) is 12.4 Å². The average Bonchev–Trinajstić information content (AvgIpc) is 3.28. The van der Waals surface area contributed by atoms with Gasteiger partial charge in [-0.2, -0.15) is 0 Å². The monoisotopic (exact) mass is 437 g/mol. The van der Waals surface area contributed by atoms with Gasteiger partial charge in [0, 0.05) is 38.3 Å². The van der Waals surface area contributed by atoms with Crippen molar-refractivity contribution in [2.45, 2.75) is 23.9 Å². The number of amides is 1. The molecule has 0 radical (unpaired) electrons. The number of nitrogens with zero attached hydrogens (tertiary/aromatic N) is 4. The molecule has 8 heteroatoms. The van der Waals surface area contributed by atoms with Gasteiger partial charge in [-0.05, 0) is 36.8 Å². The first-order chi connectivity index (χ1) is 15.1. The third-order valence-electron chi connectivity index (χ3n) is 5.39. The van der Waals surface area contributed by atoms with E-state index in [9.17, 15) is 4.79 Å². The number of aromatic nitrogens is 3. The number of ether oxygens (including phenoxy) is 1. The van der Waals surface area contributed by atoms with Crippen LogP contribution < -0.4 is 4.74 Å². The molecule has 1 saturated heterocycles. The molecule has 1 aliphatic rings. The second-order valence-corrected chi connectivity index (χ2v) is 8.85. The lowest BCUT2D eigenvalue weighted by Gasteiger charge is -2.35. The molecule has 0 saturated carbocycles. The lowest BCUT2D eigenvalue weighted by atomic mass is 10.2. The Balaban J connectivity index is 1.28. The molecule has 1 fully saturated rings. The van der Waals surface area contributed by atoms with Crippen molar-refractivity contribution in [2.24, 2.45) is 0 Å². The van der Waals surface area contributed by atoms with Gasteiger partial charge in [-0.15, -0.1) is 5.10 Å². The van der Waals surface area contributed by atoms with Gasteiger partial charge in [-0.3, -0.25) is 14.8 Å². The normalized spacial score (nSPS) is 15.6. The number of piperazine rings is 1. The molecule has 1 unspecified atom stereocenters. The molecule has 0 bridgehead atoms. The highest BCUT2D eigenvalue weighted by Gasteiger charge is 2.26. The van der Waals surface area contributed by atoms with Crippen molar-refractivity contribution in [3.8, 4) is 17.1 Å². The molecule has 7 nitrogen and oxygen atoms in total. The number of rotatable bonds is 7. The summed E-state index contributed by atoms with van der Waals surface area (Å²) < 4.78 is 5.19. The van der Waals surface area contributed by atoms with Gasteiger partial charge in [0.25, 0.3) is 0 Å². The SMILES string of the molecule is COc1ccc(-c2nc(SC(C)C(=O)N3CCN(Cc4ccccc4)CC3)n[nH]2)cc1. The van der Waals surface area contributed by atoms with Crippen LogP contribution in [0.1, 0.15) is 12.5 Å². The zero-order valence-corrected chi connectivity index (χ0v) is 18.6. The zero-order valence-electron chi connectivity index (χ0n) is 17.8. The number of carbonyl (C=O) groups is 1. The molecule has 3 aromatic rings. The first kappa shape index (κ1) is 21.4. The maximum atomic E-state index is 12.9. The third kappa shape index (κ3) is 5.45. The summed E-state index contributed by atoms with van der Waals surface area (Å²) in [7, 11) is 1.64. The number of methoxy groups -OCH3 is 1. The maximum Gasteiger partial charge on any atom is 0.235 e. The van der Waals surface area contributed by atoms with Crippen molar-refractivity contribution in [3.63, 3.8) is 0 Å². The van der Waals surface area contributed by atoms with Crippen molar-refractivity contribution in [1.82, 2.24) is 25.0 Å². The molecule has 1 atom stereocenters. The van der Waals surface area contributed by atoms with Crippen LogP contribution >= 0.6 is 11.8 Å². The first-order valence-electron chi connectivity index (χ1n) is 10.4. The predicted octanol–water partition coefficient (Wildman–Crippen LogP) is 3.31. The number of benzene rings is 2. The van der Waals surface area contributed by atoms with Gasteiger partial charge in [0.1, 0.15) is 5.75 Å². The van der Waals surface area contributed by atoms with E-state index in [1.807, 2.05) is 42.2 Å². The standard InChI is InChI=1S/C23H27N5O2S/c1-17(31-23-24-21(25-26-23)19-8-10-20(30-2)11-9-19)22(29)28-14-12-27(13-15-28)16-18-6-4-3-5-7-18/h3-11,17H,12-16H2,1-2H3,(H,24,25,26). The summed E-state index contributed by atoms with van der Waals surface area (Å²) in [4.78, 5) is 21.8. The van der Waals surface area contributed by atoms with E-state index in [1.165, 1.54) is 17.3 Å². The van der Waals surface area contributed by atoms with Crippen molar-refractivity contribution < 1.29 is 9.53 Å². The fourth-order valence-electron chi connectivity index (χ4n) is 3.61. The van der Waals surface area contributed by atoms with Gasteiger partial charge in [0.2, 0.25) is 11.1 Å². The van der Waals surface area contributed by atoms with Gasteiger partial charge in [0.15, 0.2) is 5.82 Å². The highest BCUT2D eigenvalue weighted by atomic mass is 32.2. The van der Waals surface area contributed by atoms with E-state index in [2.05, 4.69) is 44.3 Å². The molecule has 162 valence electrons. The minimum atomic E-state index is -0.236. The van der Waals surface area contributed by atoms with Crippen LogP contribution in [-0.2, 0) is 11.3 Å². The number of hydrogen-bond donors (Lipinski definition) is 1. The minimum Gasteiger partial charge on any atom is -0.497 e. The minimum absolute atomic E-state index is 0.139. The highest BCUT2D eigenvalue weighted by molar-refractivity contribution is 8.00. The smallest absolute Gasteiger partial charge is 0.235 e. The Morgan fingerprint density at radius 3 is 2.48 bits per heavy atom. The van der Waals surface area contributed by atoms with Crippen molar-refractivity contribution >= 4 is 17.7 Å². The molecule has 31 heavy (non-hydrogen) atoms. The van der Waals surface area contributed by atoms with Gasteiger partial charge in [-0.25, -0.2) is 4.98 Å². The third-order valence-corrected chi connectivity index (χ3v) is 6.34. The molecule has 1 N–H and O–H groups in total. The summed E-state index contributed by atoms with van der Waals surface area (Å²) in [6, 6.07) is 18.1. The quantitative estimate of drug-likeness (QED) is 0.572. The van der Waals surface area contributed by atoms with E-state index >= 15 is 0 Å². The van der Waals surface area contributed by atoms with Crippen LogP contribution in [0, 0.1) is 0 Å². The van der Waals surface area contributed by atoms with Gasteiger partial charge in [-0.1, -0.05) is 42.1 Å². The van der Waals surface area contributed by atoms with Crippen LogP contribution in [0.5, 0.6) is 5.75 Å². The lowest BCUT2D eigenvalue weighted by Crippen LogP contribution is -2.50. The van der Waals surface area contributed by atoms with E-state index in [1.54, 1.807) is 7.11 Å². The highest BCUT2D eigenvalue weighted by Crippen LogP contribution is 2.25. The van der Waals surface area contributed by atoms with E-state index < -0.39 is 0 Å². The van der Waals surface area contributed by atoms with Crippen LogP contribution in [0.25, 0.3) is 11.4 Å². The molecule has 1 aliphatic heterocycles. The molecule has 0 aliphatic carbocycles. The second kappa shape index (κ2) is 9.98. The number of thioether (sulfide) groups is 1. The second-order valence-electron chi connectivity index (χ2n) is 7.54. The Morgan fingerprint density at radius 1 is 1.10 bits per heavy atom. The van der Waals surface area contributed by atoms with Crippen molar-refractivity contribution in [2.75, 3.05) is 33.3 Å². The Bertz CT molecular complexity index is 985. The largest absolute Gasteiger partial charge is 0.497 e. The summed E-state index contributed by atoms with van der Waals surface area (Å²) >= 11 is 1.39. The summed E-state index contributed by atoms with van der Waals surface area (Å²) in [5.41, 5.74) is 2.23. The Hall–Kier alpha value is -2.84. The first-order valence-corrected chi connectivity index (χ1v) is 11.3. The predicted molar refractivity (Wildman–Crippen MR) is 122 cm³/mol. The van der Waals surface area contributed by atoms with Crippen molar-refractivity contribution in [3.05, 3.63) is 60.2 Å². The average molecular weight is 438 g/mol. The van der Waals surface area contributed by atoms with E-state index in [-0.39, 0.29) is 11.2 Å². The summed E-state index contributed by atoms with van der Waals surface area (Å²) in [6.07, 6.45) is 0. The zero-order chi connectivity index (χ0) is 21.6. The van der Waals surface area contributed by atoms with E-state index in [0.717, 1.165) is 44.0 Å². The number of H-pyrrole nitrogens is 1. The number of hydrogen-bond acceptors (Lipinski definition) is 6. The van der Waals surface area contributed by atoms with Crippen LogP contribution in [0.3, 0.4) is 0 Å². The van der Waals surface area contributed by atoms with Crippen LogP contribution in [0.4, 0.5) is 0 Å². The molecular formula is C23H27N5O2S. The van der Waals surface area contributed by atoms with Crippen LogP contribution in [0.2, 0.25) is 0 Å². The molecular weight excluding hydrogens is 410 g/mol. The number of carbonyl (C=O) groups excluding carboxylic acids is 1. The van der Waals surface area contributed by atoms with Crippen LogP contribution in [0.15, 0.2) is 59.8 Å². The lowest BCUT2D eigenvalue weighted by molar-refractivity contribution is -0.132. The fourth-order valence-corrected chi connectivity index (χ4v) is 4.42. The topological polar surface area (TPSA) is 74.3 Å². The molecule has 2 aromatic carbocycles. The number of nitrogens with one attached hydrogen (secondary N) is 1. The maximum absolute atomic E-state index is 12.9. The number of aromatic amines is 1. The molecule has 1 amide bonds. The Labute approximate surface area is 186 Å². The van der Waals surface area contributed by atoms with E-state index in [0.29, 0.717) is 11.0 Å². The van der Waals surface area contributed by atoms with E-state index in [4.69, 9.17) is 4.74 Å². The molecule has 1 aromatic heterocycles. The summed E-state index contributed by atoms with van der Waals surface area (Å²) in [6.45, 7) is 6.13. The van der Waals surface area contributed by atoms with Gasteiger partial charge < -0.3 is 9.64 Å². The molecule has 2 heterocycles. The molecule has 4 rings (SSSR count). The summed E-state index contributed by atoms with van der Waals surface area (Å²) in [5.74, 6) is 1.61.